The summed E-state index contributed by atoms with van der Waals surface area (Å²) in [5.41, 5.74) is 14.7. The van der Waals surface area contributed by atoms with Gasteiger partial charge in [-0.3, -0.25) is 0 Å². The SMILES string of the molecule is C1=C(c2ccc3ccc4oc(-c5ccccc5)nc4c3c2)CCC(N(c2cccc(-c3ccccc3)c2)c2ccc3c(c2)c2ccccc2n3-c2ccccc2)=C1. The van der Waals surface area contributed by atoms with Crippen molar-refractivity contribution in [2.24, 2.45) is 0 Å². The summed E-state index contributed by atoms with van der Waals surface area (Å²) in [6.07, 6.45) is 6.42. The number of allylic oxidation sites excluding steroid dienone is 4. The molecular weight excluding hydrogens is 695 g/mol. The lowest BCUT2D eigenvalue weighted by Crippen LogP contribution is -2.18. The van der Waals surface area contributed by atoms with Crippen LogP contribution in [0.4, 0.5) is 11.4 Å². The summed E-state index contributed by atoms with van der Waals surface area (Å²) in [5, 5.41) is 4.73. The van der Waals surface area contributed by atoms with Crippen LogP contribution in [0.2, 0.25) is 0 Å². The predicted molar refractivity (Wildman–Crippen MR) is 237 cm³/mol. The fraction of sp³-hybridized carbons (Fsp3) is 0.0377. The molecule has 0 bridgehead atoms. The summed E-state index contributed by atoms with van der Waals surface area (Å²) < 4.78 is 8.62. The Kier molecular flexibility index (Phi) is 7.92. The van der Waals surface area contributed by atoms with Gasteiger partial charge in [-0.05, 0) is 119 Å². The van der Waals surface area contributed by atoms with Crippen molar-refractivity contribution >= 4 is 60.6 Å². The minimum absolute atomic E-state index is 0.646. The fourth-order valence-electron chi connectivity index (χ4n) is 8.56. The first kappa shape index (κ1) is 33.0. The Hall–Kier alpha value is -7.43. The number of fused-ring (bicyclic) bond motifs is 6. The van der Waals surface area contributed by atoms with E-state index in [9.17, 15) is 0 Å². The van der Waals surface area contributed by atoms with Crippen molar-refractivity contribution in [2.75, 3.05) is 4.90 Å². The number of hydrogen-bond donors (Lipinski definition) is 0. The van der Waals surface area contributed by atoms with Crippen molar-refractivity contribution in [1.29, 1.82) is 0 Å². The number of anilines is 2. The van der Waals surface area contributed by atoms with Crippen LogP contribution in [0.5, 0.6) is 0 Å². The maximum Gasteiger partial charge on any atom is 0.227 e. The number of aromatic nitrogens is 2. The highest BCUT2D eigenvalue weighted by atomic mass is 16.3. The van der Waals surface area contributed by atoms with E-state index in [4.69, 9.17) is 9.40 Å². The normalized spacial score (nSPS) is 13.0. The molecule has 8 aromatic carbocycles. The molecule has 0 saturated carbocycles. The van der Waals surface area contributed by atoms with Gasteiger partial charge in [0.2, 0.25) is 5.89 Å². The third-order valence-electron chi connectivity index (χ3n) is 11.3. The van der Waals surface area contributed by atoms with Gasteiger partial charge in [0.1, 0.15) is 5.52 Å². The van der Waals surface area contributed by atoms with Gasteiger partial charge < -0.3 is 13.9 Å². The molecule has 0 N–H and O–H groups in total. The van der Waals surface area contributed by atoms with Crippen LogP contribution in [0.25, 0.3) is 77.5 Å². The highest BCUT2D eigenvalue weighted by Crippen LogP contribution is 2.42. The number of hydrogen-bond acceptors (Lipinski definition) is 3. The summed E-state index contributed by atoms with van der Waals surface area (Å²) >= 11 is 0. The van der Waals surface area contributed by atoms with Gasteiger partial charge in [0.15, 0.2) is 5.58 Å². The summed E-state index contributed by atoms with van der Waals surface area (Å²) in [6.45, 7) is 0. The van der Waals surface area contributed by atoms with E-state index in [0.717, 1.165) is 57.3 Å². The minimum atomic E-state index is 0.646. The quantitative estimate of drug-likeness (QED) is 0.164. The summed E-state index contributed by atoms with van der Waals surface area (Å²) in [4.78, 5) is 7.44. The molecule has 1 aliphatic carbocycles. The van der Waals surface area contributed by atoms with Gasteiger partial charge in [-0.15, -0.1) is 0 Å². The average Bonchev–Trinajstić information content (AvgIpc) is 3.88. The molecule has 4 nitrogen and oxygen atoms in total. The molecule has 2 heterocycles. The number of benzene rings is 8. The van der Waals surface area contributed by atoms with Crippen molar-refractivity contribution < 1.29 is 4.42 Å². The Balaban J connectivity index is 1.03. The second kappa shape index (κ2) is 13.7. The van der Waals surface area contributed by atoms with Crippen LogP contribution in [0.15, 0.2) is 210 Å². The van der Waals surface area contributed by atoms with E-state index in [2.05, 4.69) is 173 Å². The van der Waals surface area contributed by atoms with Crippen LogP contribution in [0, 0.1) is 0 Å². The van der Waals surface area contributed by atoms with E-state index < -0.39 is 0 Å². The largest absolute Gasteiger partial charge is 0.436 e. The number of rotatable bonds is 7. The maximum absolute atomic E-state index is 6.24. The lowest BCUT2D eigenvalue weighted by molar-refractivity contribution is 0.620. The smallest absolute Gasteiger partial charge is 0.227 e. The molecule has 0 aliphatic heterocycles. The van der Waals surface area contributed by atoms with Crippen LogP contribution in [-0.2, 0) is 0 Å². The Morgan fingerprint density at radius 2 is 1.18 bits per heavy atom. The summed E-state index contributed by atoms with van der Waals surface area (Å²) in [6, 6.07) is 67.0. The molecule has 0 spiro atoms. The van der Waals surface area contributed by atoms with E-state index in [-0.39, 0.29) is 0 Å². The Bertz CT molecular complexity index is 3170. The predicted octanol–water partition coefficient (Wildman–Crippen LogP) is 14.3. The average molecular weight is 732 g/mol. The van der Waals surface area contributed by atoms with Crippen molar-refractivity contribution in [1.82, 2.24) is 9.55 Å². The molecule has 2 aromatic heterocycles. The van der Waals surface area contributed by atoms with Gasteiger partial charge in [-0.2, -0.15) is 0 Å². The fourth-order valence-corrected chi connectivity index (χ4v) is 8.56. The van der Waals surface area contributed by atoms with Crippen LogP contribution in [0.1, 0.15) is 18.4 Å². The standard InChI is InChI=1S/C53H37N3O/c1-4-13-36(14-5-1)40-17-12-20-44(33-40)55(45-30-31-50-48(35-45)46-21-10-11-22-49(46)56(50)42-18-8-3-9-19-42)43-28-25-37(26-29-43)41-24-23-38-27-32-51-52(47(38)34-41)54-53(57-51)39-15-6-2-7-16-39/h1-25,27-28,30-35H,26,29H2. The molecule has 0 unspecified atom stereocenters. The van der Waals surface area contributed by atoms with E-state index in [0.29, 0.717) is 5.89 Å². The molecule has 0 saturated heterocycles. The van der Waals surface area contributed by atoms with E-state index in [1.54, 1.807) is 0 Å². The number of oxazole rings is 1. The minimum Gasteiger partial charge on any atom is -0.436 e. The lowest BCUT2D eigenvalue weighted by atomic mass is 9.93. The van der Waals surface area contributed by atoms with Gasteiger partial charge in [0.25, 0.3) is 0 Å². The molecule has 11 rings (SSSR count). The zero-order valence-electron chi connectivity index (χ0n) is 31.2. The Labute approximate surface area is 330 Å². The highest BCUT2D eigenvalue weighted by molar-refractivity contribution is 6.10. The van der Waals surface area contributed by atoms with Crippen molar-refractivity contribution in [2.45, 2.75) is 12.8 Å². The maximum atomic E-state index is 6.24. The van der Waals surface area contributed by atoms with Gasteiger partial charge >= 0.3 is 0 Å². The van der Waals surface area contributed by atoms with Gasteiger partial charge in [0.05, 0.1) is 11.0 Å². The van der Waals surface area contributed by atoms with Crippen molar-refractivity contribution in [3.63, 3.8) is 0 Å². The first-order chi connectivity index (χ1) is 28.2. The molecule has 10 aromatic rings. The van der Waals surface area contributed by atoms with E-state index in [1.165, 1.54) is 49.8 Å². The second-order valence-corrected chi connectivity index (χ2v) is 14.7. The molecular formula is C53H37N3O. The third-order valence-corrected chi connectivity index (χ3v) is 11.3. The zero-order chi connectivity index (χ0) is 37.7. The molecule has 0 amide bonds. The third kappa shape index (κ3) is 5.82. The summed E-state index contributed by atoms with van der Waals surface area (Å²) in [7, 11) is 0. The topological polar surface area (TPSA) is 34.2 Å². The first-order valence-electron chi connectivity index (χ1n) is 19.6. The van der Waals surface area contributed by atoms with Gasteiger partial charge in [0, 0.05) is 44.5 Å². The van der Waals surface area contributed by atoms with Crippen molar-refractivity contribution in [3.8, 4) is 28.3 Å². The molecule has 0 radical (unpaired) electrons. The van der Waals surface area contributed by atoms with Gasteiger partial charge in [-0.25, -0.2) is 4.98 Å². The van der Waals surface area contributed by atoms with Gasteiger partial charge in [-0.1, -0.05) is 121 Å². The molecule has 270 valence electrons. The Morgan fingerprint density at radius 1 is 0.474 bits per heavy atom. The van der Waals surface area contributed by atoms with E-state index in [1.807, 2.05) is 36.4 Å². The van der Waals surface area contributed by atoms with Crippen LogP contribution in [-0.4, -0.2) is 9.55 Å². The second-order valence-electron chi connectivity index (χ2n) is 14.7. The Morgan fingerprint density at radius 3 is 1.98 bits per heavy atom. The first-order valence-corrected chi connectivity index (χ1v) is 19.6. The lowest BCUT2D eigenvalue weighted by Gasteiger charge is -2.30. The molecule has 1 aliphatic rings. The van der Waals surface area contributed by atoms with Crippen molar-refractivity contribution in [3.05, 3.63) is 211 Å². The molecule has 0 atom stereocenters. The molecule has 57 heavy (non-hydrogen) atoms. The monoisotopic (exact) mass is 731 g/mol. The number of nitrogens with zero attached hydrogens (tertiary/aromatic N) is 3. The highest BCUT2D eigenvalue weighted by Gasteiger charge is 2.22. The summed E-state index contributed by atoms with van der Waals surface area (Å²) in [5.74, 6) is 0.646. The van der Waals surface area contributed by atoms with Crippen LogP contribution >= 0.6 is 0 Å². The molecule has 0 fully saturated rings. The van der Waals surface area contributed by atoms with Crippen LogP contribution in [0.3, 0.4) is 0 Å². The molecule has 4 heteroatoms. The van der Waals surface area contributed by atoms with Crippen LogP contribution < -0.4 is 4.90 Å². The zero-order valence-corrected chi connectivity index (χ0v) is 31.2. The number of para-hydroxylation sites is 2. The van der Waals surface area contributed by atoms with E-state index >= 15 is 0 Å².